The molecule has 1 amide bonds. The first kappa shape index (κ1) is 39.6. The van der Waals surface area contributed by atoms with Gasteiger partial charge in [0, 0.05) is 13.2 Å². The second-order valence-electron chi connectivity index (χ2n) is 8.90. The van der Waals surface area contributed by atoms with Crippen LogP contribution in [0.15, 0.2) is 0 Å². The van der Waals surface area contributed by atoms with E-state index in [9.17, 15) is 9.59 Å². The van der Waals surface area contributed by atoms with E-state index in [1.807, 2.05) is 0 Å². The Morgan fingerprint density at radius 2 is 0.829 bits per heavy atom. The van der Waals surface area contributed by atoms with E-state index in [0.29, 0.717) is 106 Å². The molecule has 0 radical (unpaired) electrons. The van der Waals surface area contributed by atoms with Crippen molar-refractivity contribution in [1.29, 1.82) is 0 Å². The van der Waals surface area contributed by atoms with Crippen LogP contribution < -0.4 is 5.32 Å². The summed E-state index contributed by atoms with van der Waals surface area (Å²) in [6, 6.07) is 0. The highest BCUT2D eigenvalue weighted by molar-refractivity contribution is 5.77. The Balaban J connectivity index is 3.08. The Morgan fingerprint density at radius 3 is 1.24 bits per heavy atom. The number of aliphatic carboxylic acids is 1. The van der Waals surface area contributed by atoms with E-state index in [-0.39, 0.29) is 6.61 Å². The first-order chi connectivity index (χ1) is 20.2. The van der Waals surface area contributed by atoms with Crippen LogP contribution in [0.4, 0.5) is 0 Å². The molecule has 0 atom stereocenters. The number of carboxylic acid groups (broad SMARTS) is 1. The topological polar surface area (TPSA) is 149 Å². The van der Waals surface area contributed by atoms with Gasteiger partial charge >= 0.3 is 5.97 Å². The lowest BCUT2D eigenvalue weighted by Gasteiger charge is -2.09. The van der Waals surface area contributed by atoms with Gasteiger partial charge in [0.05, 0.1) is 99.1 Å². The van der Waals surface area contributed by atoms with Gasteiger partial charge in [-0.25, -0.2) is 4.79 Å². The molecule has 2 N–H and O–H groups in total. The van der Waals surface area contributed by atoms with Crippen LogP contribution in [-0.2, 0) is 52.2 Å². The highest BCUT2D eigenvalue weighted by atomic mass is 16.6. The molecule has 0 aliphatic rings. The van der Waals surface area contributed by atoms with Crippen LogP contribution in [0.1, 0.15) is 45.4 Å². The molecule has 0 saturated carbocycles. The molecule has 13 nitrogen and oxygen atoms in total. The Kier molecular flexibility index (Phi) is 33.6. The number of nitrogens with one attached hydrogen (secondary N) is 1. The summed E-state index contributed by atoms with van der Waals surface area (Å²) in [5.41, 5.74) is 0. The number of hydrogen-bond donors (Lipinski definition) is 2. The molecule has 0 rings (SSSR count). The molecule has 0 bridgehead atoms. The number of carbonyl (C=O) groups is 2. The van der Waals surface area contributed by atoms with Gasteiger partial charge in [-0.2, -0.15) is 0 Å². The smallest absolute Gasteiger partial charge is 0.329 e. The molecule has 0 unspecified atom stereocenters. The number of hydrogen-bond acceptors (Lipinski definition) is 11. The molecule has 41 heavy (non-hydrogen) atoms. The number of ether oxygens (including phenoxy) is 9. The number of rotatable bonds is 35. The SMILES string of the molecule is CCCCCCCCOCCOCCOCCOCCOCCOCCOCCOCCNC(=O)COCC(=O)O. The standard InChI is InChI=1S/C28H55NO12/c1-2-3-4-5-6-7-9-33-11-13-35-15-17-37-19-21-39-23-24-40-22-20-38-18-16-36-14-12-34-10-8-29-27(30)25-41-26-28(31)32/h2-26H2,1H3,(H,29,30)(H,31,32). The number of amides is 1. The van der Waals surface area contributed by atoms with E-state index in [1.54, 1.807) is 0 Å². The van der Waals surface area contributed by atoms with Gasteiger partial charge in [0.15, 0.2) is 0 Å². The van der Waals surface area contributed by atoms with Crippen molar-refractivity contribution in [3.05, 3.63) is 0 Å². The van der Waals surface area contributed by atoms with Crippen molar-refractivity contribution in [3.8, 4) is 0 Å². The Morgan fingerprint density at radius 1 is 0.463 bits per heavy atom. The minimum absolute atomic E-state index is 0.295. The maximum absolute atomic E-state index is 11.3. The Labute approximate surface area is 245 Å². The van der Waals surface area contributed by atoms with Gasteiger partial charge in [0.2, 0.25) is 5.91 Å². The molecule has 0 saturated heterocycles. The predicted octanol–water partition coefficient (Wildman–Crippen LogP) is 1.70. The quantitative estimate of drug-likeness (QED) is 0.102. The van der Waals surface area contributed by atoms with Crippen LogP contribution >= 0.6 is 0 Å². The molecule has 244 valence electrons. The van der Waals surface area contributed by atoms with Crippen molar-refractivity contribution in [3.63, 3.8) is 0 Å². The third-order valence-corrected chi connectivity index (χ3v) is 5.27. The van der Waals surface area contributed by atoms with E-state index < -0.39 is 18.5 Å². The number of carboxylic acids is 1. The average Bonchev–Trinajstić information content (AvgIpc) is 2.95. The molecular formula is C28H55NO12. The highest BCUT2D eigenvalue weighted by Crippen LogP contribution is 2.04. The zero-order chi connectivity index (χ0) is 29.9. The third kappa shape index (κ3) is 36.6. The van der Waals surface area contributed by atoms with Crippen molar-refractivity contribution in [2.24, 2.45) is 0 Å². The van der Waals surface area contributed by atoms with E-state index >= 15 is 0 Å². The van der Waals surface area contributed by atoms with E-state index in [1.165, 1.54) is 32.1 Å². The fourth-order valence-corrected chi connectivity index (χ4v) is 3.17. The molecule has 0 aromatic heterocycles. The second-order valence-corrected chi connectivity index (χ2v) is 8.90. The monoisotopic (exact) mass is 597 g/mol. The minimum Gasteiger partial charge on any atom is -0.480 e. The van der Waals surface area contributed by atoms with Gasteiger partial charge in [-0.1, -0.05) is 39.0 Å². The van der Waals surface area contributed by atoms with E-state index in [2.05, 4.69) is 17.0 Å². The predicted molar refractivity (Wildman–Crippen MR) is 151 cm³/mol. The van der Waals surface area contributed by atoms with Crippen LogP contribution in [0.5, 0.6) is 0 Å². The normalized spacial score (nSPS) is 11.2. The Hall–Kier alpha value is -1.42. The van der Waals surface area contributed by atoms with Crippen LogP contribution in [0, 0.1) is 0 Å². The fourth-order valence-electron chi connectivity index (χ4n) is 3.17. The largest absolute Gasteiger partial charge is 0.480 e. The summed E-state index contributed by atoms with van der Waals surface area (Å²) in [7, 11) is 0. The van der Waals surface area contributed by atoms with Crippen molar-refractivity contribution in [1.82, 2.24) is 5.32 Å². The second kappa shape index (κ2) is 34.8. The van der Waals surface area contributed by atoms with E-state index in [0.717, 1.165) is 13.0 Å². The summed E-state index contributed by atoms with van der Waals surface area (Å²) in [5, 5.41) is 11.0. The summed E-state index contributed by atoms with van der Waals surface area (Å²) < 4.78 is 48.2. The van der Waals surface area contributed by atoms with Crippen LogP contribution in [-0.4, -0.2) is 142 Å². The molecule has 0 aromatic rings. The molecule has 0 spiro atoms. The number of carbonyl (C=O) groups excluding carboxylic acids is 1. The molecule has 0 aromatic carbocycles. The van der Waals surface area contributed by atoms with Crippen LogP contribution in [0.3, 0.4) is 0 Å². The van der Waals surface area contributed by atoms with Crippen molar-refractivity contribution < 1.29 is 57.3 Å². The lowest BCUT2D eigenvalue weighted by Crippen LogP contribution is -2.31. The van der Waals surface area contributed by atoms with Gasteiger partial charge in [0.1, 0.15) is 13.2 Å². The zero-order valence-electron chi connectivity index (χ0n) is 25.1. The van der Waals surface area contributed by atoms with Crippen LogP contribution in [0.25, 0.3) is 0 Å². The van der Waals surface area contributed by atoms with Crippen LogP contribution in [0.2, 0.25) is 0 Å². The summed E-state index contributed by atoms with van der Waals surface area (Å²) >= 11 is 0. The molecule has 0 aliphatic carbocycles. The highest BCUT2D eigenvalue weighted by Gasteiger charge is 2.03. The van der Waals surface area contributed by atoms with Gasteiger partial charge in [-0.3, -0.25) is 4.79 Å². The minimum atomic E-state index is -1.12. The summed E-state index contributed by atoms with van der Waals surface area (Å²) in [6.45, 7) is 9.91. The summed E-state index contributed by atoms with van der Waals surface area (Å²) in [5.74, 6) is -1.51. The molecule has 13 heteroatoms. The molecular weight excluding hydrogens is 542 g/mol. The van der Waals surface area contributed by atoms with Crippen molar-refractivity contribution in [2.75, 3.05) is 125 Å². The Bertz CT molecular complexity index is 556. The van der Waals surface area contributed by atoms with Crippen molar-refractivity contribution in [2.45, 2.75) is 45.4 Å². The van der Waals surface area contributed by atoms with Crippen molar-refractivity contribution >= 4 is 11.9 Å². The lowest BCUT2D eigenvalue weighted by atomic mass is 10.1. The first-order valence-corrected chi connectivity index (χ1v) is 14.8. The average molecular weight is 598 g/mol. The lowest BCUT2D eigenvalue weighted by molar-refractivity contribution is -0.143. The van der Waals surface area contributed by atoms with Gasteiger partial charge < -0.3 is 53.1 Å². The van der Waals surface area contributed by atoms with Gasteiger partial charge in [-0.15, -0.1) is 0 Å². The number of unbranched alkanes of at least 4 members (excludes halogenated alkanes) is 5. The van der Waals surface area contributed by atoms with Gasteiger partial charge in [-0.05, 0) is 6.42 Å². The third-order valence-electron chi connectivity index (χ3n) is 5.27. The molecule has 0 fully saturated rings. The molecule has 0 heterocycles. The zero-order valence-corrected chi connectivity index (χ0v) is 25.1. The maximum Gasteiger partial charge on any atom is 0.329 e. The first-order valence-electron chi connectivity index (χ1n) is 14.8. The summed E-state index contributed by atoms with van der Waals surface area (Å²) in [4.78, 5) is 21.6. The van der Waals surface area contributed by atoms with E-state index in [4.69, 9.17) is 43.0 Å². The summed E-state index contributed by atoms with van der Waals surface area (Å²) in [6.07, 6.45) is 7.63. The van der Waals surface area contributed by atoms with Gasteiger partial charge in [0.25, 0.3) is 0 Å². The fraction of sp³-hybridized carbons (Fsp3) is 0.929. The molecule has 0 aliphatic heterocycles. The maximum atomic E-state index is 11.3.